The summed E-state index contributed by atoms with van der Waals surface area (Å²) < 4.78 is 6.37. The highest BCUT2D eigenvalue weighted by Gasteiger charge is 2.51. The van der Waals surface area contributed by atoms with Crippen molar-refractivity contribution in [1.82, 2.24) is 4.90 Å². The second-order valence-corrected chi connectivity index (χ2v) is 8.90. The highest BCUT2D eigenvalue weighted by molar-refractivity contribution is 6.08. The number of rotatable bonds is 6. The Bertz CT molecular complexity index is 984. The summed E-state index contributed by atoms with van der Waals surface area (Å²) in [4.78, 5) is 28.2. The van der Waals surface area contributed by atoms with Gasteiger partial charge in [-0.3, -0.25) is 14.5 Å². The van der Waals surface area contributed by atoms with Crippen LogP contribution in [0.2, 0.25) is 0 Å². The van der Waals surface area contributed by atoms with Crippen molar-refractivity contribution in [2.45, 2.75) is 44.8 Å². The van der Waals surface area contributed by atoms with E-state index in [-0.39, 0.29) is 11.8 Å². The van der Waals surface area contributed by atoms with E-state index in [1.807, 2.05) is 60.7 Å². The first-order chi connectivity index (χ1) is 14.9. The molecular formula is C26H30N2O3. The van der Waals surface area contributed by atoms with Gasteiger partial charge in [-0.05, 0) is 41.9 Å². The summed E-state index contributed by atoms with van der Waals surface area (Å²) in [6.07, 6.45) is 1.72. The summed E-state index contributed by atoms with van der Waals surface area (Å²) in [6.45, 7) is 5.03. The number of hydrogen-bond acceptors (Lipinski definition) is 4. The van der Waals surface area contributed by atoms with E-state index < -0.39 is 11.6 Å². The van der Waals surface area contributed by atoms with Gasteiger partial charge in [-0.25, -0.2) is 0 Å². The summed E-state index contributed by atoms with van der Waals surface area (Å²) in [5, 5.41) is 0. The van der Waals surface area contributed by atoms with Gasteiger partial charge >= 0.3 is 0 Å². The molecule has 4 rings (SSSR count). The second kappa shape index (κ2) is 8.77. The molecule has 0 fully saturated rings. The maximum absolute atomic E-state index is 13.7. The lowest BCUT2D eigenvalue weighted by Gasteiger charge is -2.37. The van der Waals surface area contributed by atoms with Crippen molar-refractivity contribution in [2.75, 3.05) is 13.2 Å². The monoisotopic (exact) mass is 418 g/mol. The van der Waals surface area contributed by atoms with E-state index in [2.05, 4.69) is 13.8 Å². The molecule has 2 N–H and O–H groups in total. The maximum atomic E-state index is 13.7. The molecule has 2 aliphatic rings. The molecule has 5 nitrogen and oxygen atoms in total. The van der Waals surface area contributed by atoms with Crippen LogP contribution in [0.5, 0.6) is 0 Å². The van der Waals surface area contributed by atoms with E-state index in [9.17, 15) is 9.59 Å². The molecule has 2 aromatic carbocycles. The second-order valence-electron chi connectivity index (χ2n) is 8.90. The molecule has 0 aliphatic carbocycles. The minimum Gasteiger partial charge on any atom is -0.361 e. The van der Waals surface area contributed by atoms with Gasteiger partial charge in [0.15, 0.2) is 0 Å². The van der Waals surface area contributed by atoms with Crippen LogP contribution in [-0.4, -0.2) is 35.9 Å². The van der Waals surface area contributed by atoms with Crippen molar-refractivity contribution in [3.63, 3.8) is 0 Å². The number of ether oxygens (including phenoxy) is 1. The van der Waals surface area contributed by atoms with E-state index in [0.717, 1.165) is 16.7 Å². The Morgan fingerprint density at radius 1 is 1.10 bits per heavy atom. The lowest BCUT2D eigenvalue weighted by atomic mass is 9.77. The van der Waals surface area contributed by atoms with Crippen LogP contribution in [-0.2, 0) is 26.3 Å². The Hall–Kier alpha value is -2.76. The zero-order valence-corrected chi connectivity index (χ0v) is 18.2. The van der Waals surface area contributed by atoms with Crippen LogP contribution in [0.3, 0.4) is 0 Å². The molecule has 5 heteroatoms. The molecule has 31 heavy (non-hydrogen) atoms. The Morgan fingerprint density at radius 3 is 2.39 bits per heavy atom. The predicted octanol–water partition coefficient (Wildman–Crippen LogP) is 3.58. The molecule has 0 aromatic heterocycles. The highest BCUT2D eigenvalue weighted by atomic mass is 16.5. The number of hydrogen-bond donors (Lipinski definition) is 1. The molecule has 0 spiro atoms. The molecular weight excluding hydrogens is 388 g/mol. The predicted molar refractivity (Wildman–Crippen MR) is 120 cm³/mol. The van der Waals surface area contributed by atoms with Crippen molar-refractivity contribution in [2.24, 2.45) is 11.7 Å². The van der Waals surface area contributed by atoms with Gasteiger partial charge in [0.25, 0.3) is 5.91 Å². The Balaban J connectivity index is 1.63. The van der Waals surface area contributed by atoms with Crippen molar-refractivity contribution >= 4 is 11.8 Å². The highest BCUT2D eigenvalue weighted by Crippen LogP contribution is 2.48. The van der Waals surface area contributed by atoms with Gasteiger partial charge in [0.2, 0.25) is 5.91 Å². The smallest absolute Gasteiger partial charge is 0.259 e. The molecule has 0 bridgehead atoms. The van der Waals surface area contributed by atoms with E-state index >= 15 is 0 Å². The molecule has 2 heterocycles. The maximum Gasteiger partial charge on any atom is 0.259 e. The fraction of sp³-hybridized carbons (Fsp3) is 0.385. The fourth-order valence-corrected chi connectivity index (χ4v) is 4.80. The van der Waals surface area contributed by atoms with E-state index in [1.165, 1.54) is 4.90 Å². The zero-order valence-electron chi connectivity index (χ0n) is 18.2. The molecule has 0 saturated carbocycles. The number of amides is 2. The molecule has 162 valence electrons. The fourth-order valence-electron chi connectivity index (χ4n) is 4.80. The van der Waals surface area contributed by atoms with Gasteiger partial charge in [-0.15, -0.1) is 0 Å². The summed E-state index contributed by atoms with van der Waals surface area (Å²) in [5.41, 5.74) is 9.03. The van der Waals surface area contributed by atoms with Gasteiger partial charge in [-0.1, -0.05) is 74.5 Å². The molecule has 2 atom stereocenters. The number of imide groups is 1. The van der Waals surface area contributed by atoms with Crippen LogP contribution in [0.1, 0.15) is 37.8 Å². The van der Waals surface area contributed by atoms with E-state index in [0.29, 0.717) is 43.9 Å². The van der Waals surface area contributed by atoms with Gasteiger partial charge in [0.05, 0.1) is 18.2 Å². The van der Waals surface area contributed by atoms with Crippen LogP contribution < -0.4 is 5.73 Å². The third-order valence-electron chi connectivity index (χ3n) is 6.16. The lowest BCUT2D eigenvalue weighted by molar-refractivity contribution is -0.145. The van der Waals surface area contributed by atoms with Crippen LogP contribution in [0, 0.1) is 5.92 Å². The normalized spacial score (nSPS) is 22.1. The summed E-state index contributed by atoms with van der Waals surface area (Å²) in [6, 6.07) is 18.8. The quantitative estimate of drug-likeness (QED) is 0.778. The zero-order chi connectivity index (χ0) is 22.0. The van der Waals surface area contributed by atoms with Crippen LogP contribution in [0.15, 0.2) is 71.8 Å². The van der Waals surface area contributed by atoms with Gasteiger partial charge in [0.1, 0.15) is 5.60 Å². The topological polar surface area (TPSA) is 72.6 Å². The number of nitrogens with zero attached hydrogens (tertiary/aromatic N) is 1. The summed E-state index contributed by atoms with van der Waals surface area (Å²) >= 11 is 0. The lowest BCUT2D eigenvalue weighted by Crippen LogP contribution is -2.52. The first-order valence-corrected chi connectivity index (χ1v) is 11.0. The van der Waals surface area contributed by atoms with Crippen molar-refractivity contribution < 1.29 is 14.3 Å². The molecule has 1 unspecified atom stereocenters. The van der Waals surface area contributed by atoms with Crippen LogP contribution in [0.4, 0.5) is 0 Å². The van der Waals surface area contributed by atoms with E-state index in [4.69, 9.17) is 10.5 Å². The number of carbonyl (C=O) groups excluding carboxylic acids is 2. The van der Waals surface area contributed by atoms with Crippen molar-refractivity contribution in [1.29, 1.82) is 0 Å². The largest absolute Gasteiger partial charge is 0.361 e. The average Bonchev–Trinajstić information content (AvgIpc) is 3.14. The minimum absolute atomic E-state index is 0.253. The Kier molecular flexibility index (Phi) is 6.08. The standard InChI is InChI=1S/C26H30N2O3/c1-18(2)16-26(21-11-7-4-8-12-21)23-20(17-31-26)13-14-28(25(23)30)24(29)22(27)15-19-9-5-3-6-10-19/h3-12,18,22H,13-17,27H2,1-2H3/t22-,26?/m0/s1. The first-order valence-electron chi connectivity index (χ1n) is 11.0. The molecule has 0 saturated heterocycles. The SMILES string of the molecule is CC(C)CC1(c2ccccc2)OCC2=C1C(=O)N(C(=O)[C@@H](N)Cc1ccccc1)CC2. The average molecular weight is 419 g/mol. The first kappa shape index (κ1) is 21.5. The third-order valence-corrected chi connectivity index (χ3v) is 6.16. The Morgan fingerprint density at radius 2 is 1.74 bits per heavy atom. The number of carbonyl (C=O) groups is 2. The number of nitrogens with two attached hydrogens (primary N) is 1. The summed E-state index contributed by atoms with van der Waals surface area (Å²) in [5.74, 6) is -0.262. The molecule has 2 aliphatic heterocycles. The molecule has 2 amide bonds. The number of benzene rings is 2. The minimum atomic E-state index is -0.815. The van der Waals surface area contributed by atoms with Crippen molar-refractivity contribution in [3.05, 3.63) is 82.9 Å². The molecule has 0 radical (unpaired) electrons. The Labute approximate surface area is 183 Å². The van der Waals surface area contributed by atoms with E-state index in [1.54, 1.807) is 0 Å². The van der Waals surface area contributed by atoms with Gasteiger partial charge < -0.3 is 10.5 Å². The van der Waals surface area contributed by atoms with Crippen molar-refractivity contribution in [3.8, 4) is 0 Å². The van der Waals surface area contributed by atoms with Gasteiger partial charge in [-0.2, -0.15) is 0 Å². The van der Waals surface area contributed by atoms with Gasteiger partial charge in [0, 0.05) is 6.54 Å². The van der Waals surface area contributed by atoms with Crippen LogP contribution in [0.25, 0.3) is 0 Å². The third kappa shape index (κ3) is 4.08. The summed E-state index contributed by atoms with van der Waals surface area (Å²) in [7, 11) is 0. The van der Waals surface area contributed by atoms with Crippen LogP contribution >= 0.6 is 0 Å². The molecule has 2 aromatic rings.